The summed E-state index contributed by atoms with van der Waals surface area (Å²) < 4.78 is 23.8. The van der Waals surface area contributed by atoms with Crippen LogP contribution in [0.25, 0.3) is 17.3 Å². The van der Waals surface area contributed by atoms with Gasteiger partial charge in [0.25, 0.3) is 11.8 Å². The van der Waals surface area contributed by atoms with Crippen molar-refractivity contribution in [2.24, 2.45) is 0 Å². The van der Waals surface area contributed by atoms with Crippen molar-refractivity contribution in [1.29, 1.82) is 0 Å². The standard InChI is InChI=1S/C37H42N4O7/c1-3-15-45-16-17-46-18-19-47-20-21-48-28-10-7-26(8-11-28)36(43)38-27-9-12-34-39-31(24-40(34)23-27)37(44)41-14-13-29-32(41)22-33(42)30-6-4-5-25(2)35(29)30/h6-12,22-24,42H,3-5,13-21H2,1-2H3,(H,38,43). The molecule has 252 valence electrons. The summed E-state index contributed by atoms with van der Waals surface area (Å²) in [6.45, 7) is 8.39. The lowest BCUT2D eigenvalue weighted by Gasteiger charge is -2.18. The number of nitrogens with zero attached hydrogens (tertiary/aromatic N) is 3. The molecule has 11 nitrogen and oxygen atoms in total. The normalized spacial score (nSPS) is 13.7. The fraction of sp³-hybridized carbons (Fsp3) is 0.378. The molecule has 1 aliphatic heterocycles. The lowest BCUT2D eigenvalue weighted by molar-refractivity contribution is 0.00945. The highest BCUT2D eigenvalue weighted by atomic mass is 16.6. The number of amides is 2. The first-order chi connectivity index (χ1) is 23.4. The summed E-state index contributed by atoms with van der Waals surface area (Å²) in [6, 6.07) is 12.1. The average Bonchev–Trinajstić information content (AvgIpc) is 3.71. The van der Waals surface area contributed by atoms with E-state index in [1.54, 1.807) is 64.2 Å². The Morgan fingerprint density at radius 3 is 2.40 bits per heavy atom. The fourth-order valence-corrected chi connectivity index (χ4v) is 6.13. The van der Waals surface area contributed by atoms with Crippen molar-refractivity contribution >= 4 is 40.5 Å². The summed E-state index contributed by atoms with van der Waals surface area (Å²) in [6.07, 6.45) is 9.06. The minimum atomic E-state index is -0.276. The molecular formula is C37H42N4O7. The van der Waals surface area contributed by atoms with Gasteiger partial charge in [0, 0.05) is 42.4 Å². The van der Waals surface area contributed by atoms with Gasteiger partial charge in [-0.1, -0.05) is 18.6 Å². The Morgan fingerprint density at radius 1 is 0.917 bits per heavy atom. The van der Waals surface area contributed by atoms with Gasteiger partial charge in [-0.25, -0.2) is 4.98 Å². The Morgan fingerprint density at radius 2 is 1.65 bits per heavy atom. The van der Waals surface area contributed by atoms with Gasteiger partial charge in [-0.05, 0) is 79.8 Å². The van der Waals surface area contributed by atoms with Crippen LogP contribution in [0, 0.1) is 0 Å². The van der Waals surface area contributed by atoms with Gasteiger partial charge in [0.2, 0.25) is 0 Å². The summed E-state index contributed by atoms with van der Waals surface area (Å²) in [5.41, 5.74) is 4.99. The highest BCUT2D eigenvalue weighted by Crippen LogP contribution is 2.30. The molecule has 0 radical (unpaired) electrons. The number of benzene rings is 2. The first kappa shape index (κ1) is 33.2. The molecule has 0 saturated carbocycles. The zero-order valence-corrected chi connectivity index (χ0v) is 27.5. The number of aromatic hydroxyl groups is 1. The van der Waals surface area contributed by atoms with Crippen LogP contribution in [0.2, 0.25) is 0 Å². The van der Waals surface area contributed by atoms with E-state index in [1.165, 1.54) is 5.57 Å². The summed E-state index contributed by atoms with van der Waals surface area (Å²) in [5, 5.41) is 15.6. The number of nitrogens with one attached hydrogen (secondary N) is 1. The Kier molecular flexibility index (Phi) is 10.7. The molecule has 2 aliphatic rings. The zero-order valence-electron chi connectivity index (χ0n) is 27.5. The van der Waals surface area contributed by atoms with Crippen LogP contribution in [0.4, 0.5) is 11.4 Å². The van der Waals surface area contributed by atoms with E-state index in [0.29, 0.717) is 68.8 Å². The molecule has 2 aromatic carbocycles. The lowest BCUT2D eigenvalue weighted by Crippen LogP contribution is -2.33. The second kappa shape index (κ2) is 15.5. The molecule has 0 atom stereocenters. The van der Waals surface area contributed by atoms with E-state index in [2.05, 4.69) is 30.2 Å². The number of hydrogen-bond donors (Lipinski definition) is 2. The van der Waals surface area contributed by atoms with Crippen LogP contribution in [-0.4, -0.2) is 79.1 Å². The van der Waals surface area contributed by atoms with Crippen LogP contribution < -0.4 is 25.4 Å². The molecule has 11 heteroatoms. The van der Waals surface area contributed by atoms with Gasteiger partial charge in [0.05, 0.1) is 44.4 Å². The number of fused-ring (bicyclic) bond motifs is 4. The van der Waals surface area contributed by atoms with E-state index < -0.39 is 0 Å². The highest BCUT2D eigenvalue weighted by molar-refractivity contribution is 6.07. The van der Waals surface area contributed by atoms with Crippen LogP contribution in [0.3, 0.4) is 0 Å². The maximum atomic E-state index is 13.6. The smallest absolute Gasteiger partial charge is 0.278 e. The Labute approximate surface area is 279 Å². The number of carbonyl (C=O) groups is 2. The molecular weight excluding hydrogens is 612 g/mol. The molecule has 2 amide bonds. The molecule has 0 bridgehead atoms. The number of carbonyl (C=O) groups excluding carboxylic acids is 2. The third-order valence-corrected chi connectivity index (χ3v) is 8.48. The molecule has 0 fully saturated rings. The number of hydrogen-bond acceptors (Lipinski definition) is 8. The highest BCUT2D eigenvalue weighted by Gasteiger charge is 2.30. The largest absolute Gasteiger partial charge is 0.507 e. The minimum Gasteiger partial charge on any atom is -0.507 e. The summed E-state index contributed by atoms with van der Waals surface area (Å²) >= 11 is 0. The summed E-state index contributed by atoms with van der Waals surface area (Å²) in [4.78, 5) is 32.9. The third-order valence-electron chi connectivity index (χ3n) is 8.48. The third kappa shape index (κ3) is 7.54. The minimum absolute atomic E-state index is 0.201. The molecule has 3 heterocycles. The number of phenolic OH excluding ortho intramolecular Hbond substituents is 1. The number of anilines is 2. The van der Waals surface area contributed by atoms with E-state index in [1.807, 2.05) is 0 Å². The SMILES string of the molecule is CCCOCCOCCOCCOc1ccc(C(=O)Nc2ccc3nc(C(=O)N4CCc5c4cc(O)c4c5=C(C)CCC=4)cn3c2)cc1. The van der Waals surface area contributed by atoms with E-state index >= 15 is 0 Å². The summed E-state index contributed by atoms with van der Waals surface area (Å²) in [5.74, 6) is 0.332. The Bertz CT molecular complexity index is 1900. The first-order valence-electron chi connectivity index (χ1n) is 16.6. The molecule has 0 spiro atoms. The van der Waals surface area contributed by atoms with Gasteiger partial charge in [0.15, 0.2) is 0 Å². The average molecular weight is 655 g/mol. The van der Waals surface area contributed by atoms with Crippen molar-refractivity contribution in [2.45, 2.75) is 39.5 Å². The molecule has 0 saturated heterocycles. The number of ether oxygens (including phenoxy) is 4. The van der Waals surface area contributed by atoms with Crippen LogP contribution in [0.15, 0.2) is 54.9 Å². The predicted molar refractivity (Wildman–Crippen MR) is 183 cm³/mol. The van der Waals surface area contributed by atoms with E-state index in [4.69, 9.17) is 18.9 Å². The molecule has 2 N–H and O–H groups in total. The predicted octanol–water partition coefficient (Wildman–Crippen LogP) is 4.08. The maximum absolute atomic E-state index is 13.6. The second-order valence-electron chi connectivity index (χ2n) is 11.9. The molecule has 48 heavy (non-hydrogen) atoms. The van der Waals surface area contributed by atoms with E-state index in [9.17, 15) is 14.7 Å². The van der Waals surface area contributed by atoms with Crippen molar-refractivity contribution in [3.63, 3.8) is 0 Å². The second-order valence-corrected chi connectivity index (χ2v) is 11.9. The number of imidazole rings is 1. The van der Waals surface area contributed by atoms with Crippen LogP contribution in [0.1, 0.15) is 59.5 Å². The molecule has 2 aromatic heterocycles. The Balaban J connectivity index is 1.01. The van der Waals surface area contributed by atoms with E-state index in [0.717, 1.165) is 54.0 Å². The van der Waals surface area contributed by atoms with Crippen molar-refractivity contribution in [3.8, 4) is 11.5 Å². The van der Waals surface area contributed by atoms with Crippen LogP contribution >= 0.6 is 0 Å². The van der Waals surface area contributed by atoms with Crippen molar-refractivity contribution in [1.82, 2.24) is 9.38 Å². The van der Waals surface area contributed by atoms with E-state index in [-0.39, 0.29) is 23.3 Å². The summed E-state index contributed by atoms with van der Waals surface area (Å²) in [7, 11) is 0. The monoisotopic (exact) mass is 654 g/mol. The molecule has 4 aromatic rings. The van der Waals surface area contributed by atoms with Crippen LogP contribution in [-0.2, 0) is 20.6 Å². The van der Waals surface area contributed by atoms with Crippen LogP contribution in [0.5, 0.6) is 11.5 Å². The van der Waals surface area contributed by atoms with Gasteiger partial charge in [-0.3, -0.25) is 9.59 Å². The molecule has 1 aliphatic carbocycles. The zero-order chi connectivity index (χ0) is 33.5. The first-order valence-corrected chi connectivity index (χ1v) is 16.6. The maximum Gasteiger partial charge on any atom is 0.278 e. The lowest BCUT2D eigenvalue weighted by atomic mass is 9.95. The van der Waals surface area contributed by atoms with Gasteiger partial charge in [-0.15, -0.1) is 0 Å². The number of pyridine rings is 1. The Hall–Kier alpha value is -4.71. The molecule has 0 unspecified atom stereocenters. The fourth-order valence-electron chi connectivity index (χ4n) is 6.13. The van der Waals surface area contributed by atoms with Gasteiger partial charge in [-0.2, -0.15) is 0 Å². The number of phenols is 1. The molecule has 6 rings (SSSR count). The quantitative estimate of drug-likeness (QED) is 0.184. The van der Waals surface area contributed by atoms with Gasteiger partial charge >= 0.3 is 0 Å². The number of aromatic nitrogens is 2. The van der Waals surface area contributed by atoms with Crippen molar-refractivity contribution < 1.29 is 33.6 Å². The van der Waals surface area contributed by atoms with Gasteiger partial charge in [0.1, 0.15) is 29.4 Å². The van der Waals surface area contributed by atoms with Crippen molar-refractivity contribution in [2.75, 3.05) is 63.0 Å². The topological polar surface area (TPSA) is 124 Å². The number of rotatable bonds is 15. The van der Waals surface area contributed by atoms with Gasteiger partial charge < -0.3 is 38.7 Å². The van der Waals surface area contributed by atoms with Crippen molar-refractivity contribution in [3.05, 3.63) is 82.1 Å².